The van der Waals surface area contributed by atoms with Crippen LogP contribution >= 0.6 is 0 Å². The summed E-state index contributed by atoms with van der Waals surface area (Å²) >= 11 is 0. The molecule has 0 N–H and O–H groups in total. The maximum absolute atomic E-state index is 4.03. The molecule has 1 heteroatoms. The molecule has 1 nitrogen and oxygen atoms in total. The minimum atomic E-state index is 1.04. The normalized spacial score (nSPS) is 11.8. The van der Waals surface area contributed by atoms with E-state index in [4.69, 9.17) is 0 Å². The Morgan fingerprint density at radius 1 is 0.288 bits per heavy atom. The molecule has 0 spiro atoms. The maximum Gasteiger partial charge on any atom is 0.0462 e. The van der Waals surface area contributed by atoms with Crippen LogP contribution in [0, 0.1) is 0 Å². The number of benzene rings is 13. The molecular weight excluding hydrogens is 879 g/mol. The fourth-order valence-electron chi connectivity index (χ4n) is 11.4. The van der Waals surface area contributed by atoms with E-state index < -0.39 is 0 Å². The van der Waals surface area contributed by atoms with Gasteiger partial charge in [0.25, 0.3) is 0 Å². The number of nitrogens with zero attached hydrogens (tertiary/aromatic N) is 1. The summed E-state index contributed by atoms with van der Waals surface area (Å²) < 4.78 is 0. The van der Waals surface area contributed by atoms with Crippen molar-refractivity contribution in [3.05, 3.63) is 292 Å². The Bertz CT molecular complexity index is 4270. The standard InChI is InChI=1S/C72H49N/c1-3-18-48(4-2)51-35-40-59(41-36-51)73(58-23-6-5-7-24-58)60-42-37-52(38-43-60)69-61-25-12-14-27-63(61)71(64-28-15-13-26-62(64)69)57-39-44-67-68(47-57)72(56-34-32-50-20-9-11-22-54(50)46-56)66-30-17-16-29-65(66)70(67)55-33-31-49-19-8-10-21-53(49)45-55/h3-47H,1-2H2/b48-18+. The quantitative estimate of drug-likeness (QED) is 0.0976. The second kappa shape index (κ2) is 18.3. The lowest BCUT2D eigenvalue weighted by molar-refractivity contribution is 1.28. The minimum absolute atomic E-state index is 1.04. The number of para-hydroxylation sites is 1. The Labute approximate surface area is 426 Å². The van der Waals surface area contributed by atoms with Gasteiger partial charge in [0.2, 0.25) is 0 Å². The first-order chi connectivity index (χ1) is 36.1. The van der Waals surface area contributed by atoms with Gasteiger partial charge in [0, 0.05) is 17.1 Å². The third-order valence-corrected chi connectivity index (χ3v) is 14.7. The van der Waals surface area contributed by atoms with Crippen molar-refractivity contribution in [1.82, 2.24) is 0 Å². The van der Waals surface area contributed by atoms with Crippen LogP contribution in [-0.2, 0) is 0 Å². The van der Waals surface area contributed by atoms with Crippen LogP contribution in [0.25, 0.3) is 115 Å². The van der Waals surface area contributed by atoms with E-state index in [2.05, 4.69) is 273 Å². The molecule has 0 radical (unpaired) electrons. The van der Waals surface area contributed by atoms with Gasteiger partial charge < -0.3 is 4.90 Å². The van der Waals surface area contributed by atoms with Crippen molar-refractivity contribution in [3.63, 3.8) is 0 Å². The van der Waals surface area contributed by atoms with E-state index >= 15 is 0 Å². The van der Waals surface area contributed by atoms with Gasteiger partial charge in [-0.3, -0.25) is 0 Å². The molecule has 13 aromatic rings. The second-order valence-corrected chi connectivity index (χ2v) is 18.8. The zero-order valence-electron chi connectivity index (χ0n) is 40.3. The first kappa shape index (κ1) is 43.5. The summed E-state index contributed by atoms with van der Waals surface area (Å²) in [6.45, 7) is 7.94. The molecule has 13 aromatic carbocycles. The van der Waals surface area contributed by atoms with Crippen LogP contribution in [0.15, 0.2) is 286 Å². The fourth-order valence-corrected chi connectivity index (χ4v) is 11.4. The molecule has 0 bridgehead atoms. The Balaban J connectivity index is 1.01. The number of hydrogen-bond acceptors (Lipinski definition) is 1. The van der Waals surface area contributed by atoms with E-state index in [0.29, 0.717) is 0 Å². The van der Waals surface area contributed by atoms with Gasteiger partial charge in [0.05, 0.1) is 0 Å². The molecule has 0 saturated carbocycles. The van der Waals surface area contributed by atoms with E-state index in [1.165, 1.54) is 109 Å². The molecule has 0 atom stereocenters. The average molecular weight is 928 g/mol. The van der Waals surface area contributed by atoms with Crippen LogP contribution in [-0.4, -0.2) is 0 Å². The van der Waals surface area contributed by atoms with Crippen molar-refractivity contribution >= 4 is 87.3 Å². The highest BCUT2D eigenvalue weighted by Crippen LogP contribution is 2.49. The zero-order chi connectivity index (χ0) is 48.8. The molecule has 0 aliphatic heterocycles. The molecular formula is C72H49N. The molecule has 0 aliphatic carbocycles. The Morgan fingerprint density at radius 3 is 1.12 bits per heavy atom. The number of rotatable bonds is 10. The summed E-state index contributed by atoms with van der Waals surface area (Å²) in [5.41, 5.74) is 15.1. The van der Waals surface area contributed by atoms with Gasteiger partial charge in [-0.15, -0.1) is 0 Å². The van der Waals surface area contributed by atoms with E-state index in [1.807, 2.05) is 12.2 Å². The lowest BCUT2D eigenvalue weighted by Gasteiger charge is -2.26. The van der Waals surface area contributed by atoms with Gasteiger partial charge in [0.1, 0.15) is 0 Å². The van der Waals surface area contributed by atoms with E-state index in [1.54, 1.807) is 6.08 Å². The highest BCUT2D eigenvalue weighted by molar-refractivity contribution is 6.25. The monoisotopic (exact) mass is 927 g/mol. The molecule has 13 rings (SSSR count). The summed E-state index contributed by atoms with van der Waals surface area (Å²) in [5.74, 6) is 0. The minimum Gasteiger partial charge on any atom is -0.311 e. The van der Waals surface area contributed by atoms with Gasteiger partial charge in [0.15, 0.2) is 0 Å². The Kier molecular flexibility index (Phi) is 10.9. The Morgan fingerprint density at radius 2 is 0.644 bits per heavy atom. The smallest absolute Gasteiger partial charge is 0.0462 e. The lowest BCUT2D eigenvalue weighted by atomic mass is 9.82. The summed E-state index contributed by atoms with van der Waals surface area (Å²) in [6.07, 6.45) is 5.67. The van der Waals surface area contributed by atoms with Crippen LogP contribution in [0.2, 0.25) is 0 Å². The maximum atomic E-state index is 4.03. The molecule has 0 fully saturated rings. The summed E-state index contributed by atoms with van der Waals surface area (Å²) in [5, 5.41) is 14.8. The molecule has 0 aliphatic rings. The van der Waals surface area contributed by atoms with E-state index in [0.717, 1.165) is 28.2 Å². The van der Waals surface area contributed by atoms with Crippen LogP contribution in [0.1, 0.15) is 5.56 Å². The summed E-state index contributed by atoms with van der Waals surface area (Å²) in [4.78, 5) is 2.32. The molecule has 0 aromatic heterocycles. The fraction of sp³-hybridized carbons (Fsp3) is 0. The number of hydrogen-bond donors (Lipinski definition) is 0. The third kappa shape index (κ3) is 7.58. The van der Waals surface area contributed by atoms with Crippen molar-refractivity contribution in [1.29, 1.82) is 0 Å². The van der Waals surface area contributed by atoms with Crippen molar-refractivity contribution in [3.8, 4) is 44.5 Å². The van der Waals surface area contributed by atoms with Crippen molar-refractivity contribution < 1.29 is 0 Å². The molecule has 0 saturated heterocycles. The van der Waals surface area contributed by atoms with Gasteiger partial charge in [-0.25, -0.2) is 0 Å². The zero-order valence-corrected chi connectivity index (χ0v) is 40.3. The SMILES string of the molecule is C=C/C=C(\C=C)c1ccc(N(c2ccccc2)c2ccc(-c3c4ccccc4c(-c4ccc5c(-c6ccc7ccccc7c6)c6ccccc6c(-c6ccc7ccccc7c6)c5c4)c4ccccc34)cc2)cc1. The number of fused-ring (bicyclic) bond motifs is 6. The average Bonchev–Trinajstić information content (AvgIpc) is 3.46. The highest BCUT2D eigenvalue weighted by Gasteiger charge is 2.22. The molecule has 73 heavy (non-hydrogen) atoms. The van der Waals surface area contributed by atoms with Gasteiger partial charge in [-0.2, -0.15) is 0 Å². The van der Waals surface area contributed by atoms with Gasteiger partial charge in [-0.05, 0) is 175 Å². The van der Waals surface area contributed by atoms with E-state index in [9.17, 15) is 0 Å². The van der Waals surface area contributed by atoms with Crippen molar-refractivity contribution in [2.24, 2.45) is 0 Å². The molecule has 0 heterocycles. The van der Waals surface area contributed by atoms with Crippen molar-refractivity contribution in [2.45, 2.75) is 0 Å². The lowest BCUT2D eigenvalue weighted by Crippen LogP contribution is -2.09. The number of anilines is 3. The largest absolute Gasteiger partial charge is 0.311 e. The first-order valence-corrected chi connectivity index (χ1v) is 25.1. The summed E-state index contributed by atoms with van der Waals surface area (Å²) in [7, 11) is 0. The molecule has 0 unspecified atom stereocenters. The van der Waals surface area contributed by atoms with Crippen LogP contribution < -0.4 is 4.90 Å². The van der Waals surface area contributed by atoms with Crippen LogP contribution in [0.4, 0.5) is 17.1 Å². The van der Waals surface area contributed by atoms with Crippen LogP contribution in [0.5, 0.6) is 0 Å². The highest BCUT2D eigenvalue weighted by atomic mass is 15.1. The number of allylic oxidation sites excluding steroid dienone is 4. The predicted molar refractivity (Wildman–Crippen MR) is 316 cm³/mol. The van der Waals surface area contributed by atoms with E-state index in [-0.39, 0.29) is 0 Å². The topological polar surface area (TPSA) is 3.24 Å². The molecule has 342 valence electrons. The van der Waals surface area contributed by atoms with Gasteiger partial charge >= 0.3 is 0 Å². The first-order valence-electron chi connectivity index (χ1n) is 25.1. The third-order valence-electron chi connectivity index (χ3n) is 14.7. The predicted octanol–water partition coefficient (Wildman–Crippen LogP) is 20.5. The summed E-state index contributed by atoms with van der Waals surface area (Å²) in [6, 6.07) is 93.9. The molecule has 0 amide bonds. The van der Waals surface area contributed by atoms with Gasteiger partial charge in [-0.1, -0.05) is 232 Å². The Hall–Kier alpha value is -9.56. The second-order valence-electron chi connectivity index (χ2n) is 18.8. The van der Waals surface area contributed by atoms with Crippen molar-refractivity contribution in [2.75, 3.05) is 4.90 Å². The van der Waals surface area contributed by atoms with Crippen LogP contribution in [0.3, 0.4) is 0 Å².